The van der Waals surface area contributed by atoms with Crippen molar-refractivity contribution in [1.29, 1.82) is 0 Å². The van der Waals surface area contributed by atoms with Crippen molar-refractivity contribution >= 4 is 9.04 Å². The van der Waals surface area contributed by atoms with Gasteiger partial charge in [0, 0.05) is 0 Å². The lowest BCUT2D eigenvalue weighted by molar-refractivity contribution is 0.216. The topological polar surface area (TPSA) is 18.5 Å². The van der Waals surface area contributed by atoms with Crippen molar-refractivity contribution in [3.8, 4) is 5.75 Å². The molecular weight excluding hydrogens is 300 g/mol. The minimum absolute atomic E-state index is 0.672. The number of rotatable bonds is 15. The molecule has 0 bridgehead atoms. The van der Waals surface area contributed by atoms with Crippen LogP contribution in [0, 0.1) is 0 Å². The molecule has 0 fully saturated rings. The first kappa shape index (κ1) is 20.2. The van der Waals surface area contributed by atoms with Crippen molar-refractivity contribution in [1.82, 2.24) is 0 Å². The number of ether oxygens (including phenoxy) is 1. The summed E-state index contributed by atoms with van der Waals surface area (Å²) >= 11 is 0. The monoisotopic (exact) mass is 336 g/mol. The highest BCUT2D eigenvalue weighted by Crippen LogP contribution is 2.13. The highest BCUT2D eigenvalue weighted by Gasteiger charge is 2.08. The van der Waals surface area contributed by atoms with Gasteiger partial charge in [-0.2, -0.15) is 0 Å². The van der Waals surface area contributed by atoms with Crippen molar-refractivity contribution in [2.45, 2.75) is 77.3 Å². The van der Waals surface area contributed by atoms with Crippen LogP contribution in [0.5, 0.6) is 5.75 Å². The van der Waals surface area contributed by atoms with E-state index < -0.39 is 9.04 Å². The van der Waals surface area contributed by atoms with Crippen LogP contribution in [0.2, 0.25) is 12.1 Å². The summed E-state index contributed by atoms with van der Waals surface area (Å²) in [5.74, 6) is 0.939. The van der Waals surface area contributed by atoms with E-state index in [4.69, 9.17) is 9.16 Å². The SMILES string of the molecule is CCCCCCCCCC[SiH](CC)OCCOc1ccccc1. The van der Waals surface area contributed by atoms with Crippen LogP contribution in [0.15, 0.2) is 30.3 Å². The third-order valence-electron chi connectivity index (χ3n) is 4.28. The normalized spacial score (nSPS) is 12.3. The second kappa shape index (κ2) is 14.8. The van der Waals surface area contributed by atoms with Crippen LogP contribution in [0.1, 0.15) is 65.2 Å². The first-order chi connectivity index (χ1) is 11.4. The molecule has 0 amide bonds. The summed E-state index contributed by atoms with van der Waals surface area (Å²) < 4.78 is 11.8. The Balaban J connectivity index is 1.95. The summed E-state index contributed by atoms with van der Waals surface area (Å²) in [7, 11) is -0.988. The smallest absolute Gasteiger partial charge is 0.176 e. The van der Waals surface area contributed by atoms with Gasteiger partial charge in [-0.1, -0.05) is 83.4 Å². The van der Waals surface area contributed by atoms with Gasteiger partial charge in [-0.05, 0) is 24.2 Å². The summed E-state index contributed by atoms with van der Waals surface area (Å²) in [5.41, 5.74) is 0. The highest BCUT2D eigenvalue weighted by molar-refractivity contribution is 6.51. The van der Waals surface area contributed by atoms with E-state index in [2.05, 4.69) is 13.8 Å². The van der Waals surface area contributed by atoms with Crippen molar-refractivity contribution in [3.63, 3.8) is 0 Å². The molecule has 0 heterocycles. The van der Waals surface area contributed by atoms with Crippen LogP contribution in [-0.4, -0.2) is 22.3 Å². The minimum Gasteiger partial charge on any atom is -0.491 e. The van der Waals surface area contributed by atoms with Gasteiger partial charge in [0.05, 0.1) is 6.61 Å². The lowest BCUT2D eigenvalue weighted by atomic mass is 10.1. The Morgan fingerprint density at radius 1 is 0.783 bits per heavy atom. The zero-order chi connectivity index (χ0) is 16.6. The molecule has 1 aromatic carbocycles. The molecule has 0 aliphatic heterocycles. The number of unbranched alkanes of at least 4 members (excludes halogenated alkanes) is 7. The number of para-hydroxylation sites is 1. The van der Waals surface area contributed by atoms with Crippen LogP contribution in [0.25, 0.3) is 0 Å². The molecule has 132 valence electrons. The fourth-order valence-electron chi connectivity index (χ4n) is 2.80. The standard InChI is InChI=1S/C20H36O2Si/c1-3-5-6-7-8-9-10-14-19-23(4-2)22-18-17-21-20-15-12-11-13-16-20/h11-13,15-16,23H,3-10,14,17-19H2,1-2H3. The lowest BCUT2D eigenvalue weighted by Gasteiger charge is -2.15. The molecule has 0 aliphatic carbocycles. The molecule has 0 saturated carbocycles. The summed E-state index contributed by atoms with van der Waals surface area (Å²) in [4.78, 5) is 0. The fourth-order valence-corrected chi connectivity index (χ4v) is 4.79. The van der Waals surface area contributed by atoms with Gasteiger partial charge in [-0.15, -0.1) is 0 Å². The molecule has 0 N–H and O–H groups in total. The molecule has 1 atom stereocenters. The van der Waals surface area contributed by atoms with Crippen LogP contribution in [0.4, 0.5) is 0 Å². The van der Waals surface area contributed by atoms with Gasteiger partial charge in [0.15, 0.2) is 9.04 Å². The second-order valence-electron chi connectivity index (χ2n) is 6.33. The van der Waals surface area contributed by atoms with Crippen molar-refractivity contribution in [2.24, 2.45) is 0 Å². The zero-order valence-electron chi connectivity index (χ0n) is 15.3. The zero-order valence-corrected chi connectivity index (χ0v) is 16.4. The summed E-state index contributed by atoms with van der Waals surface area (Å²) in [6.45, 7) is 5.97. The quantitative estimate of drug-likeness (QED) is 0.290. The maximum atomic E-state index is 6.09. The van der Waals surface area contributed by atoms with Crippen LogP contribution in [-0.2, 0) is 4.43 Å². The van der Waals surface area contributed by atoms with Gasteiger partial charge >= 0.3 is 0 Å². The molecule has 1 aromatic rings. The van der Waals surface area contributed by atoms with Crippen LogP contribution < -0.4 is 4.74 Å². The third kappa shape index (κ3) is 11.4. The van der Waals surface area contributed by atoms with Gasteiger partial charge in [-0.25, -0.2) is 0 Å². The summed E-state index contributed by atoms with van der Waals surface area (Å²) in [5, 5.41) is 0. The summed E-state index contributed by atoms with van der Waals surface area (Å²) in [6.07, 6.45) is 11.2. The molecule has 0 spiro atoms. The van der Waals surface area contributed by atoms with E-state index in [0.717, 1.165) is 12.4 Å². The molecule has 1 rings (SSSR count). The number of benzene rings is 1. The number of hydrogen-bond donors (Lipinski definition) is 0. The maximum absolute atomic E-state index is 6.09. The average Bonchev–Trinajstić information content (AvgIpc) is 2.60. The van der Waals surface area contributed by atoms with E-state index in [1.165, 1.54) is 63.5 Å². The minimum atomic E-state index is -0.988. The third-order valence-corrected chi connectivity index (χ3v) is 6.95. The maximum Gasteiger partial charge on any atom is 0.176 e. The Bertz CT molecular complexity index is 356. The van der Waals surface area contributed by atoms with Gasteiger partial charge < -0.3 is 9.16 Å². The van der Waals surface area contributed by atoms with Gasteiger partial charge in [0.2, 0.25) is 0 Å². The van der Waals surface area contributed by atoms with Crippen LogP contribution >= 0.6 is 0 Å². The molecular formula is C20H36O2Si. The van der Waals surface area contributed by atoms with Gasteiger partial charge in [0.1, 0.15) is 12.4 Å². The largest absolute Gasteiger partial charge is 0.491 e. The van der Waals surface area contributed by atoms with Gasteiger partial charge in [-0.3, -0.25) is 0 Å². The first-order valence-electron chi connectivity index (χ1n) is 9.66. The Hall–Kier alpha value is -0.803. The van der Waals surface area contributed by atoms with E-state index >= 15 is 0 Å². The second-order valence-corrected chi connectivity index (χ2v) is 9.30. The lowest BCUT2D eigenvalue weighted by Crippen LogP contribution is -2.20. The Morgan fingerprint density at radius 2 is 1.43 bits per heavy atom. The number of hydrogen-bond acceptors (Lipinski definition) is 2. The first-order valence-corrected chi connectivity index (χ1v) is 11.8. The molecule has 0 saturated heterocycles. The molecule has 23 heavy (non-hydrogen) atoms. The van der Waals surface area contributed by atoms with E-state index in [9.17, 15) is 0 Å². The predicted molar refractivity (Wildman–Crippen MR) is 103 cm³/mol. The van der Waals surface area contributed by atoms with Crippen molar-refractivity contribution < 1.29 is 9.16 Å². The van der Waals surface area contributed by atoms with Gasteiger partial charge in [0.25, 0.3) is 0 Å². The van der Waals surface area contributed by atoms with E-state index in [0.29, 0.717) is 6.61 Å². The molecule has 0 aromatic heterocycles. The average molecular weight is 337 g/mol. The van der Waals surface area contributed by atoms with E-state index in [-0.39, 0.29) is 0 Å². The van der Waals surface area contributed by atoms with Crippen LogP contribution in [0.3, 0.4) is 0 Å². The van der Waals surface area contributed by atoms with E-state index in [1.807, 2.05) is 30.3 Å². The predicted octanol–water partition coefficient (Wildman–Crippen LogP) is 5.97. The summed E-state index contributed by atoms with van der Waals surface area (Å²) in [6, 6.07) is 12.6. The highest BCUT2D eigenvalue weighted by atomic mass is 28.3. The Morgan fingerprint density at radius 3 is 2.09 bits per heavy atom. The molecule has 0 aliphatic rings. The van der Waals surface area contributed by atoms with E-state index in [1.54, 1.807) is 0 Å². The van der Waals surface area contributed by atoms with Crippen molar-refractivity contribution in [3.05, 3.63) is 30.3 Å². The Labute approximate surface area is 145 Å². The molecule has 0 radical (unpaired) electrons. The Kier molecular flexibility index (Phi) is 13.0. The molecule has 2 nitrogen and oxygen atoms in total. The fraction of sp³-hybridized carbons (Fsp3) is 0.700. The molecule has 1 unspecified atom stereocenters. The molecule has 3 heteroatoms. The van der Waals surface area contributed by atoms with Crippen molar-refractivity contribution in [2.75, 3.05) is 13.2 Å².